The lowest BCUT2D eigenvalue weighted by Gasteiger charge is -2.34. The number of nitrogens with one attached hydrogen (secondary N) is 1. The number of rotatable bonds is 11. The Kier molecular flexibility index (Phi) is 8.32. The summed E-state index contributed by atoms with van der Waals surface area (Å²) in [4.78, 5) is 21.7. The normalized spacial score (nSPS) is 17.1. The fourth-order valence-corrected chi connectivity index (χ4v) is 7.67. The molecule has 1 aliphatic carbocycles. The Bertz CT molecular complexity index is 1360. The van der Waals surface area contributed by atoms with Gasteiger partial charge in [-0.05, 0) is 69.3 Å². The minimum absolute atomic E-state index is 0.0519. The van der Waals surface area contributed by atoms with Crippen LogP contribution in [0.3, 0.4) is 0 Å². The fraction of sp³-hybridized carbons (Fsp3) is 0.500. The van der Waals surface area contributed by atoms with Crippen molar-refractivity contribution in [1.29, 1.82) is 0 Å². The van der Waals surface area contributed by atoms with E-state index in [1.807, 2.05) is 49.1 Å². The topological polar surface area (TPSA) is 85.9 Å². The molecule has 2 aliphatic rings. The molecule has 8 nitrogen and oxygen atoms in total. The number of benzene rings is 1. The molecule has 2 aromatic heterocycles. The molecule has 0 radical (unpaired) electrons. The van der Waals surface area contributed by atoms with Crippen LogP contribution in [0.4, 0.5) is 5.69 Å². The minimum atomic E-state index is -3.06. The third-order valence-electron chi connectivity index (χ3n) is 7.49. The van der Waals surface area contributed by atoms with E-state index in [-0.39, 0.29) is 11.2 Å². The van der Waals surface area contributed by atoms with Crippen molar-refractivity contribution in [2.24, 2.45) is 0 Å². The van der Waals surface area contributed by atoms with Gasteiger partial charge in [0.2, 0.25) is 10.0 Å². The van der Waals surface area contributed by atoms with E-state index in [4.69, 9.17) is 4.98 Å². The molecular weight excluding hydrogens is 518 g/mol. The molecule has 0 spiro atoms. The van der Waals surface area contributed by atoms with Crippen molar-refractivity contribution in [3.63, 3.8) is 0 Å². The maximum atomic E-state index is 12.7. The van der Waals surface area contributed by atoms with Crippen molar-refractivity contribution < 1.29 is 13.2 Å². The van der Waals surface area contributed by atoms with Gasteiger partial charge in [0.05, 0.1) is 26.8 Å². The van der Waals surface area contributed by atoms with Crippen LogP contribution >= 0.6 is 11.3 Å². The summed E-state index contributed by atoms with van der Waals surface area (Å²) in [7, 11) is -3.06. The van der Waals surface area contributed by atoms with Gasteiger partial charge in [-0.25, -0.2) is 13.4 Å². The molecule has 204 valence electrons. The number of anilines is 1. The molecule has 1 aromatic carbocycles. The first-order chi connectivity index (χ1) is 18.4. The highest BCUT2D eigenvalue weighted by atomic mass is 32.2. The van der Waals surface area contributed by atoms with E-state index in [9.17, 15) is 13.2 Å². The van der Waals surface area contributed by atoms with Crippen LogP contribution < -0.4 is 5.32 Å². The number of piperazine rings is 1. The number of carbonyl (C=O) groups excluding carboxylic acids is 1. The number of pyridine rings is 1. The van der Waals surface area contributed by atoms with Gasteiger partial charge in [0.25, 0.3) is 5.91 Å². The minimum Gasteiger partial charge on any atom is -0.384 e. The monoisotopic (exact) mass is 555 g/mol. The molecule has 0 atom stereocenters. The molecular formula is C28H37N5O3S2. The molecule has 1 N–H and O–H groups in total. The molecule has 3 heterocycles. The number of hydrogen-bond acceptors (Lipinski definition) is 7. The van der Waals surface area contributed by atoms with Crippen LogP contribution in [-0.2, 0) is 10.0 Å². The van der Waals surface area contributed by atoms with Gasteiger partial charge in [-0.15, -0.1) is 11.3 Å². The van der Waals surface area contributed by atoms with Crippen LogP contribution in [0.15, 0.2) is 41.8 Å². The summed E-state index contributed by atoms with van der Waals surface area (Å²) in [5, 5.41) is 5.56. The third kappa shape index (κ3) is 5.88. The lowest BCUT2D eigenvalue weighted by Crippen LogP contribution is -2.49. The SMILES string of the molecule is CCN(CC)C(=O)c1ccc(-c2cc(NCCCN3CCN(S(=O)(=O)C4CC4)CC3)c3sccc3n2)cc1. The maximum absolute atomic E-state index is 12.7. The lowest BCUT2D eigenvalue weighted by atomic mass is 10.1. The average Bonchev–Trinajstić information content (AvgIpc) is 3.70. The van der Waals surface area contributed by atoms with Gasteiger partial charge in [0.1, 0.15) is 0 Å². The molecule has 38 heavy (non-hydrogen) atoms. The number of amides is 1. The fourth-order valence-electron chi connectivity index (χ4n) is 5.02. The summed E-state index contributed by atoms with van der Waals surface area (Å²) in [6, 6.07) is 11.9. The highest BCUT2D eigenvalue weighted by Crippen LogP contribution is 2.33. The maximum Gasteiger partial charge on any atom is 0.253 e. The Labute approximate surface area is 229 Å². The summed E-state index contributed by atoms with van der Waals surface area (Å²) < 4.78 is 27.8. The predicted octanol–water partition coefficient (Wildman–Crippen LogP) is 4.36. The molecule has 3 aromatic rings. The number of hydrogen-bond donors (Lipinski definition) is 1. The van der Waals surface area contributed by atoms with Crippen LogP contribution in [0, 0.1) is 0 Å². The highest BCUT2D eigenvalue weighted by molar-refractivity contribution is 7.90. The quantitative estimate of drug-likeness (QED) is 0.354. The molecule has 1 amide bonds. The van der Waals surface area contributed by atoms with E-state index in [1.165, 1.54) is 0 Å². The number of carbonyl (C=O) groups is 1. The molecule has 10 heteroatoms. The second-order valence-electron chi connectivity index (χ2n) is 10.0. The number of thiophene rings is 1. The Morgan fingerprint density at radius 3 is 2.45 bits per heavy atom. The molecule has 1 aliphatic heterocycles. The van der Waals surface area contributed by atoms with Crippen LogP contribution in [-0.4, -0.2) is 91.0 Å². The van der Waals surface area contributed by atoms with E-state index in [1.54, 1.807) is 15.6 Å². The lowest BCUT2D eigenvalue weighted by molar-refractivity contribution is 0.0773. The smallest absolute Gasteiger partial charge is 0.253 e. The zero-order chi connectivity index (χ0) is 26.7. The molecule has 0 bridgehead atoms. The van der Waals surface area contributed by atoms with Gasteiger partial charge < -0.3 is 15.1 Å². The molecule has 5 rings (SSSR count). The van der Waals surface area contributed by atoms with Crippen LogP contribution in [0.1, 0.15) is 43.5 Å². The van der Waals surface area contributed by atoms with Crippen molar-refractivity contribution >= 4 is 43.2 Å². The number of aromatic nitrogens is 1. The van der Waals surface area contributed by atoms with Gasteiger partial charge >= 0.3 is 0 Å². The standard InChI is InChI=1S/C28H37N5O3S2/c1-3-32(4-2)28(34)22-8-6-21(7-9-22)25-20-26(27-24(30-25)12-19-37-27)29-13-5-14-31-15-17-33(18-16-31)38(35,36)23-10-11-23/h6-9,12,19-20,23H,3-5,10-11,13-18H2,1-2H3,(H,29,30). The van der Waals surface area contributed by atoms with Crippen molar-refractivity contribution in [3.05, 3.63) is 47.3 Å². The van der Waals surface area contributed by atoms with Crippen molar-refractivity contribution in [1.82, 2.24) is 19.1 Å². The van der Waals surface area contributed by atoms with Crippen molar-refractivity contribution in [2.75, 3.05) is 57.7 Å². The summed E-state index contributed by atoms with van der Waals surface area (Å²) >= 11 is 1.68. The van der Waals surface area contributed by atoms with E-state index in [2.05, 4.69) is 21.7 Å². The number of nitrogens with zero attached hydrogens (tertiary/aromatic N) is 4. The zero-order valence-corrected chi connectivity index (χ0v) is 23.9. The zero-order valence-electron chi connectivity index (χ0n) is 22.2. The average molecular weight is 556 g/mol. The van der Waals surface area contributed by atoms with Gasteiger partial charge in [0, 0.05) is 56.9 Å². The second kappa shape index (κ2) is 11.7. The summed E-state index contributed by atoms with van der Waals surface area (Å²) in [6.07, 6.45) is 2.62. The van der Waals surface area contributed by atoms with Gasteiger partial charge in [-0.1, -0.05) is 12.1 Å². The number of sulfonamides is 1. The van der Waals surface area contributed by atoms with Crippen LogP contribution in [0.2, 0.25) is 0 Å². The van der Waals surface area contributed by atoms with Crippen LogP contribution in [0.25, 0.3) is 21.5 Å². The van der Waals surface area contributed by atoms with Gasteiger partial charge in [0.15, 0.2) is 0 Å². The Balaban J connectivity index is 1.18. The third-order valence-corrected chi connectivity index (χ3v) is 10.8. The van der Waals surface area contributed by atoms with E-state index >= 15 is 0 Å². The second-order valence-corrected chi connectivity index (χ2v) is 13.1. The first-order valence-corrected chi connectivity index (χ1v) is 16.0. The Morgan fingerprint density at radius 1 is 1.08 bits per heavy atom. The molecule has 1 saturated heterocycles. The Morgan fingerprint density at radius 2 is 1.79 bits per heavy atom. The molecule has 0 unspecified atom stereocenters. The first-order valence-electron chi connectivity index (χ1n) is 13.6. The predicted molar refractivity (Wildman–Crippen MR) is 155 cm³/mol. The van der Waals surface area contributed by atoms with Crippen LogP contribution in [0.5, 0.6) is 0 Å². The van der Waals surface area contributed by atoms with Crippen molar-refractivity contribution in [3.8, 4) is 11.3 Å². The highest BCUT2D eigenvalue weighted by Gasteiger charge is 2.40. The molecule has 2 fully saturated rings. The summed E-state index contributed by atoms with van der Waals surface area (Å²) in [5.74, 6) is 0.0519. The van der Waals surface area contributed by atoms with Gasteiger partial charge in [-0.2, -0.15) is 4.31 Å². The van der Waals surface area contributed by atoms with Gasteiger partial charge in [-0.3, -0.25) is 4.79 Å². The van der Waals surface area contributed by atoms with E-state index in [0.717, 1.165) is 72.6 Å². The van der Waals surface area contributed by atoms with E-state index < -0.39 is 10.0 Å². The van der Waals surface area contributed by atoms with E-state index in [0.29, 0.717) is 31.7 Å². The first kappa shape index (κ1) is 27.1. The van der Waals surface area contributed by atoms with Crippen molar-refractivity contribution in [2.45, 2.75) is 38.4 Å². The largest absolute Gasteiger partial charge is 0.384 e. The summed E-state index contributed by atoms with van der Waals surface area (Å²) in [6.45, 7) is 9.96. The number of fused-ring (bicyclic) bond motifs is 1. The summed E-state index contributed by atoms with van der Waals surface area (Å²) in [5.41, 5.74) is 4.60. The Hall–Kier alpha value is -2.53. The molecule has 1 saturated carbocycles.